The third-order valence-electron chi connectivity index (χ3n) is 2.79. The smallest absolute Gasteiger partial charge is 0.231 e. The van der Waals surface area contributed by atoms with Crippen LogP contribution in [0.1, 0.15) is 11.3 Å². The lowest BCUT2D eigenvalue weighted by Crippen LogP contribution is -1.97. The molecule has 0 bridgehead atoms. The fourth-order valence-corrected chi connectivity index (χ4v) is 1.83. The van der Waals surface area contributed by atoms with Crippen molar-refractivity contribution in [1.82, 2.24) is 4.98 Å². The Labute approximate surface area is 110 Å². The summed E-state index contributed by atoms with van der Waals surface area (Å²) in [5.74, 6) is 2.18. The molecule has 0 aliphatic carbocycles. The second-order valence-corrected chi connectivity index (χ2v) is 4.12. The summed E-state index contributed by atoms with van der Waals surface area (Å²) in [6.45, 7) is 0.594. The molecule has 19 heavy (non-hydrogen) atoms. The molecule has 1 aliphatic heterocycles. The molecule has 5 heteroatoms. The first-order valence-electron chi connectivity index (χ1n) is 5.92. The van der Waals surface area contributed by atoms with E-state index >= 15 is 0 Å². The van der Waals surface area contributed by atoms with Crippen LogP contribution in [-0.4, -0.2) is 16.9 Å². The van der Waals surface area contributed by atoms with E-state index in [2.05, 4.69) is 4.98 Å². The van der Waals surface area contributed by atoms with Gasteiger partial charge in [-0.05, 0) is 23.8 Å². The summed E-state index contributed by atoms with van der Waals surface area (Å²) < 4.78 is 16.2. The summed E-state index contributed by atoms with van der Waals surface area (Å²) in [5, 5.41) is 9.00. The zero-order valence-corrected chi connectivity index (χ0v) is 10.2. The molecular weight excluding hydrogens is 246 g/mol. The zero-order valence-electron chi connectivity index (χ0n) is 10.2. The standard InChI is InChI=1S/C14H13NO4/c16-7-11-6-12(3-4-15-11)17-8-10-1-2-13-14(5-10)19-9-18-13/h1-6,16H,7-9H2. The Morgan fingerprint density at radius 1 is 1.16 bits per heavy atom. The van der Waals surface area contributed by atoms with Crippen LogP contribution in [-0.2, 0) is 13.2 Å². The molecule has 0 amide bonds. The lowest BCUT2D eigenvalue weighted by Gasteiger charge is -2.07. The molecule has 98 valence electrons. The Morgan fingerprint density at radius 3 is 2.95 bits per heavy atom. The molecule has 0 saturated carbocycles. The molecule has 5 nitrogen and oxygen atoms in total. The first-order valence-corrected chi connectivity index (χ1v) is 5.92. The van der Waals surface area contributed by atoms with E-state index in [4.69, 9.17) is 19.3 Å². The van der Waals surface area contributed by atoms with Crippen molar-refractivity contribution < 1.29 is 19.3 Å². The minimum absolute atomic E-state index is 0.0960. The number of benzene rings is 1. The number of pyridine rings is 1. The molecule has 1 aliphatic rings. The van der Waals surface area contributed by atoms with E-state index in [1.165, 1.54) is 0 Å². The van der Waals surface area contributed by atoms with Crippen LogP contribution in [0, 0.1) is 0 Å². The predicted molar refractivity (Wildman–Crippen MR) is 67.1 cm³/mol. The third kappa shape index (κ3) is 2.61. The van der Waals surface area contributed by atoms with Crippen LogP contribution in [0.2, 0.25) is 0 Å². The topological polar surface area (TPSA) is 60.8 Å². The van der Waals surface area contributed by atoms with E-state index in [0.29, 0.717) is 18.1 Å². The van der Waals surface area contributed by atoms with Gasteiger partial charge in [-0.2, -0.15) is 0 Å². The SMILES string of the molecule is OCc1cc(OCc2ccc3c(c2)OCO3)ccn1. The highest BCUT2D eigenvalue weighted by atomic mass is 16.7. The fraction of sp³-hybridized carbons (Fsp3) is 0.214. The van der Waals surface area contributed by atoms with Crippen LogP contribution in [0.4, 0.5) is 0 Å². The number of aliphatic hydroxyl groups is 1. The van der Waals surface area contributed by atoms with Crippen LogP contribution in [0.3, 0.4) is 0 Å². The van der Waals surface area contributed by atoms with Crippen LogP contribution < -0.4 is 14.2 Å². The number of hydrogen-bond acceptors (Lipinski definition) is 5. The normalized spacial score (nSPS) is 12.5. The largest absolute Gasteiger partial charge is 0.489 e. The van der Waals surface area contributed by atoms with Gasteiger partial charge in [0.15, 0.2) is 11.5 Å². The number of aromatic nitrogens is 1. The van der Waals surface area contributed by atoms with Crippen molar-refractivity contribution in [1.29, 1.82) is 0 Å². The van der Waals surface area contributed by atoms with Crippen molar-refractivity contribution in [3.8, 4) is 17.2 Å². The summed E-state index contributed by atoms with van der Waals surface area (Å²) in [6, 6.07) is 9.17. The van der Waals surface area contributed by atoms with Crippen LogP contribution in [0.25, 0.3) is 0 Å². The quantitative estimate of drug-likeness (QED) is 0.908. The summed E-state index contributed by atoms with van der Waals surface area (Å²) in [7, 11) is 0. The monoisotopic (exact) mass is 259 g/mol. The van der Waals surface area contributed by atoms with E-state index in [1.54, 1.807) is 18.3 Å². The van der Waals surface area contributed by atoms with Crippen molar-refractivity contribution in [2.45, 2.75) is 13.2 Å². The highest BCUT2D eigenvalue weighted by Gasteiger charge is 2.13. The Kier molecular flexibility index (Phi) is 3.20. The number of rotatable bonds is 4. The molecule has 1 aromatic heterocycles. The lowest BCUT2D eigenvalue weighted by atomic mass is 10.2. The number of ether oxygens (including phenoxy) is 3. The van der Waals surface area contributed by atoms with E-state index in [0.717, 1.165) is 17.1 Å². The molecule has 1 N–H and O–H groups in total. The highest BCUT2D eigenvalue weighted by molar-refractivity contribution is 5.44. The molecule has 0 atom stereocenters. The molecule has 1 aromatic carbocycles. The maximum absolute atomic E-state index is 9.00. The van der Waals surface area contributed by atoms with Gasteiger partial charge in [-0.25, -0.2) is 0 Å². The molecule has 0 radical (unpaired) electrons. The Morgan fingerprint density at radius 2 is 2.05 bits per heavy atom. The lowest BCUT2D eigenvalue weighted by molar-refractivity contribution is 0.174. The minimum atomic E-state index is -0.0960. The summed E-state index contributed by atoms with van der Waals surface area (Å²) >= 11 is 0. The van der Waals surface area contributed by atoms with E-state index in [1.807, 2.05) is 18.2 Å². The molecule has 0 saturated heterocycles. The molecule has 0 unspecified atom stereocenters. The molecule has 3 rings (SSSR count). The van der Waals surface area contributed by atoms with Crippen molar-refractivity contribution in [3.05, 3.63) is 47.8 Å². The maximum atomic E-state index is 9.00. The van der Waals surface area contributed by atoms with Crippen LogP contribution in [0.5, 0.6) is 17.2 Å². The molecule has 2 aromatic rings. The molecule has 2 heterocycles. The second kappa shape index (κ2) is 5.16. The van der Waals surface area contributed by atoms with Crippen molar-refractivity contribution in [2.24, 2.45) is 0 Å². The van der Waals surface area contributed by atoms with Crippen molar-refractivity contribution >= 4 is 0 Å². The maximum Gasteiger partial charge on any atom is 0.231 e. The summed E-state index contributed by atoms with van der Waals surface area (Å²) in [6.07, 6.45) is 1.61. The second-order valence-electron chi connectivity index (χ2n) is 4.12. The van der Waals surface area contributed by atoms with Gasteiger partial charge in [-0.15, -0.1) is 0 Å². The average Bonchev–Trinajstić information content (AvgIpc) is 2.93. The van der Waals surface area contributed by atoms with E-state index in [9.17, 15) is 0 Å². The zero-order chi connectivity index (χ0) is 13.1. The van der Waals surface area contributed by atoms with E-state index in [-0.39, 0.29) is 13.4 Å². The molecule has 0 fully saturated rings. The van der Waals surface area contributed by atoms with Gasteiger partial charge in [0, 0.05) is 12.3 Å². The van der Waals surface area contributed by atoms with Crippen LogP contribution in [0.15, 0.2) is 36.5 Å². The number of aliphatic hydroxyl groups excluding tert-OH is 1. The third-order valence-corrected chi connectivity index (χ3v) is 2.79. The Balaban J connectivity index is 1.68. The van der Waals surface area contributed by atoms with Gasteiger partial charge < -0.3 is 19.3 Å². The number of nitrogens with zero attached hydrogens (tertiary/aromatic N) is 1. The van der Waals surface area contributed by atoms with Crippen molar-refractivity contribution in [2.75, 3.05) is 6.79 Å². The van der Waals surface area contributed by atoms with Crippen molar-refractivity contribution in [3.63, 3.8) is 0 Å². The Bertz CT molecular complexity index is 585. The number of hydrogen-bond donors (Lipinski definition) is 1. The van der Waals surface area contributed by atoms with Gasteiger partial charge in [-0.1, -0.05) is 6.07 Å². The van der Waals surface area contributed by atoms with Gasteiger partial charge in [0.25, 0.3) is 0 Å². The van der Waals surface area contributed by atoms with Gasteiger partial charge in [0.2, 0.25) is 6.79 Å². The predicted octanol–water partition coefficient (Wildman–Crippen LogP) is 1.88. The summed E-state index contributed by atoms with van der Waals surface area (Å²) in [5.41, 5.74) is 1.58. The van der Waals surface area contributed by atoms with E-state index < -0.39 is 0 Å². The fourth-order valence-electron chi connectivity index (χ4n) is 1.83. The highest BCUT2D eigenvalue weighted by Crippen LogP contribution is 2.32. The number of fused-ring (bicyclic) bond motifs is 1. The van der Waals surface area contributed by atoms with Gasteiger partial charge in [0.1, 0.15) is 12.4 Å². The minimum Gasteiger partial charge on any atom is -0.489 e. The van der Waals surface area contributed by atoms with Gasteiger partial charge >= 0.3 is 0 Å². The molecule has 0 spiro atoms. The molecular formula is C14H13NO4. The first kappa shape index (κ1) is 11.8. The first-order chi connectivity index (χ1) is 9.35. The van der Waals surface area contributed by atoms with Gasteiger partial charge in [0.05, 0.1) is 12.3 Å². The summed E-state index contributed by atoms with van der Waals surface area (Å²) in [4.78, 5) is 3.99. The average molecular weight is 259 g/mol. The van der Waals surface area contributed by atoms with Crippen LogP contribution >= 0.6 is 0 Å². The Hall–Kier alpha value is -2.27. The van der Waals surface area contributed by atoms with Gasteiger partial charge in [-0.3, -0.25) is 4.98 Å².